The second-order valence-electron chi connectivity index (χ2n) is 5.73. The Morgan fingerprint density at radius 2 is 1.82 bits per heavy atom. The fraction of sp³-hybridized carbons (Fsp3) is 0.600. The van der Waals surface area contributed by atoms with E-state index in [-0.39, 0.29) is 0 Å². The molecule has 0 aromatic heterocycles. The predicted octanol–water partition coefficient (Wildman–Crippen LogP) is -0.313. The maximum Gasteiger partial charge on any atom is 0.127 e. The third-order valence-electron chi connectivity index (χ3n) is 3.95. The lowest BCUT2D eigenvalue weighted by Crippen LogP contribution is -3.28. The van der Waals surface area contributed by atoms with Crippen LogP contribution in [0.5, 0.6) is 0 Å². The summed E-state index contributed by atoms with van der Waals surface area (Å²) in [5.74, 6) is 0. The zero-order chi connectivity index (χ0) is 12.3. The van der Waals surface area contributed by atoms with Crippen LogP contribution in [0.2, 0.25) is 0 Å². The third kappa shape index (κ3) is 3.55. The molecule has 1 fully saturated rings. The first kappa shape index (κ1) is 12.6. The maximum atomic E-state index is 2.33. The minimum atomic E-state index is 0.788. The number of hydrogen-bond acceptors (Lipinski definition) is 0. The van der Waals surface area contributed by atoms with Gasteiger partial charge in [-0.25, -0.2) is 0 Å². The zero-order valence-corrected chi connectivity index (χ0v) is 11.4. The van der Waals surface area contributed by atoms with Gasteiger partial charge in [-0.15, -0.1) is 0 Å². The SMILES string of the molecule is Cc1cccc(C[NH+]2CC[NH+](C(C)C)CC2)c1. The summed E-state index contributed by atoms with van der Waals surface area (Å²) in [7, 11) is 0. The van der Waals surface area contributed by atoms with E-state index in [1.165, 1.54) is 43.9 Å². The lowest BCUT2D eigenvalue weighted by molar-refractivity contribution is -1.03. The molecule has 17 heavy (non-hydrogen) atoms. The van der Waals surface area contributed by atoms with Crippen LogP contribution >= 0.6 is 0 Å². The van der Waals surface area contributed by atoms with E-state index in [1.807, 2.05) is 0 Å². The molecule has 0 atom stereocenters. The first-order chi connectivity index (χ1) is 8.15. The number of quaternary nitrogens is 2. The van der Waals surface area contributed by atoms with Gasteiger partial charge in [-0.3, -0.25) is 0 Å². The molecule has 0 spiro atoms. The molecule has 0 saturated carbocycles. The highest BCUT2D eigenvalue weighted by atomic mass is 15.3. The topological polar surface area (TPSA) is 8.88 Å². The minimum Gasteiger partial charge on any atom is -0.324 e. The van der Waals surface area contributed by atoms with Gasteiger partial charge in [-0.05, 0) is 20.8 Å². The van der Waals surface area contributed by atoms with Crippen molar-refractivity contribution in [2.75, 3.05) is 26.2 Å². The molecule has 0 aliphatic carbocycles. The van der Waals surface area contributed by atoms with Crippen molar-refractivity contribution in [3.63, 3.8) is 0 Å². The van der Waals surface area contributed by atoms with Crippen LogP contribution in [0.3, 0.4) is 0 Å². The van der Waals surface area contributed by atoms with Crippen LogP contribution < -0.4 is 9.80 Å². The van der Waals surface area contributed by atoms with Gasteiger partial charge in [-0.1, -0.05) is 29.8 Å². The molecule has 2 N–H and O–H groups in total. The van der Waals surface area contributed by atoms with E-state index < -0.39 is 0 Å². The van der Waals surface area contributed by atoms with Crippen molar-refractivity contribution in [3.05, 3.63) is 35.4 Å². The number of aryl methyl sites for hydroxylation is 1. The lowest BCUT2D eigenvalue weighted by Gasteiger charge is -2.32. The van der Waals surface area contributed by atoms with E-state index in [9.17, 15) is 0 Å². The van der Waals surface area contributed by atoms with E-state index in [0.29, 0.717) is 0 Å². The molecule has 1 aromatic rings. The van der Waals surface area contributed by atoms with Crippen LogP contribution in [0.15, 0.2) is 24.3 Å². The van der Waals surface area contributed by atoms with E-state index >= 15 is 0 Å². The Labute approximate surface area is 105 Å². The van der Waals surface area contributed by atoms with E-state index in [1.54, 1.807) is 9.80 Å². The molecule has 2 nitrogen and oxygen atoms in total. The molecule has 0 amide bonds. The van der Waals surface area contributed by atoms with Crippen LogP contribution in [0.25, 0.3) is 0 Å². The average molecular weight is 234 g/mol. The number of nitrogens with one attached hydrogen (secondary N) is 2. The summed E-state index contributed by atoms with van der Waals surface area (Å²) in [5, 5.41) is 0. The van der Waals surface area contributed by atoms with E-state index in [0.717, 1.165) is 6.04 Å². The lowest BCUT2D eigenvalue weighted by atomic mass is 10.1. The first-order valence-electron chi connectivity index (χ1n) is 6.89. The van der Waals surface area contributed by atoms with Gasteiger partial charge in [0.15, 0.2) is 0 Å². The van der Waals surface area contributed by atoms with Gasteiger partial charge in [0.2, 0.25) is 0 Å². The summed E-state index contributed by atoms with van der Waals surface area (Å²) in [6, 6.07) is 9.74. The number of piperazine rings is 1. The van der Waals surface area contributed by atoms with Gasteiger partial charge in [0, 0.05) is 5.56 Å². The Morgan fingerprint density at radius 1 is 1.12 bits per heavy atom. The standard InChI is InChI=1S/C15H24N2/c1-13(2)17-9-7-16(8-10-17)12-15-6-4-5-14(3)11-15/h4-6,11,13H,7-10,12H2,1-3H3/p+2. The van der Waals surface area contributed by atoms with Gasteiger partial charge in [-0.2, -0.15) is 0 Å². The third-order valence-corrected chi connectivity index (χ3v) is 3.95. The zero-order valence-electron chi connectivity index (χ0n) is 11.4. The molecule has 0 bridgehead atoms. The van der Waals surface area contributed by atoms with Crippen molar-refractivity contribution < 1.29 is 9.80 Å². The highest BCUT2D eigenvalue weighted by Gasteiger charge is 2.24. The summed E-state index contributed by atoms with van der Waals surface area (Å²) in [6.07, 6.45) is 0. The molecule has 94 valence electrons. The van der Waals surface area contributed by atoms with E-state index in [2.05, 4.69) is 45.0 Å². The van der Waals surface area contributed by atoms with Crippen LogP contribution in [-0.4, -0.2) is 32.2 Å². The van der Waals surface area contributed by atoms with Crippen molar-refractivity contribution in [2.45, 2.75) is 33.4 Å². The largest absolute Gasteiger partial charge is 0.324 e. The molecule has 2 heteroatoms. The van der Waals surface area contributed by atoms with Crippen LogP contribution in [0.4, 0.5) is 0 Å². The van der Waals surface area contributed by atoms with Crippen molar-refractivity contribution in [3.8, 4) is 0 Å². The molecule has 0 radical (unpaired) electrons. The van der Waals surface area contributed by atoms with Gasteiger partial charge in [0.05, 0.1) is 6.04 Å². The fourth-order valence-corrected chi connectivity index (χ4v) is 2.79. The molecule has 1 aliphatic rings. The molecule has 2 rings (SSSR count). The van der Waals surface area contributed by atoms with E-state index in [4.69, 9.17) is 0 Å². The second kappa shape index (κ2) is 5.65. The number of hydrogen-bond donors (Lipinski definition) is 2. The summed E-state index contributed by atoms with van der Waals surface area (Å²) in [4.78, 5) is 3.53. The minimum absolute atomic E-state index is 0.788. The molecule has 0 unspecified atom stereocenters. The Bertz CT molecular complexity index is 352. The summed E-state index contributed by atoms with van der Waals surface area (Å²) in [6.45, 7) is 13.4. The fourth-order valence-electron chi connectivity index (χ4n) is 2.79. The summed E-state index contributed by atoms with van der Waals surface area (Å²) >= 11 is 0. The molecule has 1 aromatic carbocycles. The Kier molecular flexibility index (Phi) is 4.19. The first-order valence-corrected chi connectivity index (χ1v) is 6.89. The van der Waals surface area contributed by atoms with Crippen LogP contribution in [0.1, 0.15) is 25.0 Å². The van der Waals surface area contributed by atoms with Gasteiger partial charge < -0.3 is 9.80 Å². The Balaban J connectivity index is 1.86. The van der Waals surface area contributed by atoms with Crippen LogP contribution in [-0.2, 0) is 6.54 Å². The van der Waals surface area contributed by atoms with Crippen molar-refractivity contribution >= 4 is 0 Å². The van der Waals surface area contributed by atoms with Gasteiger partial charge in [0.1, 0.15) is 32.7 Å². The van der Waals surface area contributed by atoms with Crippen LogP contribution in [0, 0.1) is 6.92 Å². The number of rotatable bonds is 3. The number of benzene rings is 1. The Hall–Kier alpha value is -0.860. The predicted molar refractivity (Wildman–Crippen MR) is 71.4 cm³/mol. The van der Waals surface area contributed by atoms with Gasteiger partial charge in [0.25, 0.3) is 0 Å². The van der Waals surface area contributed by atoms with Crippen molar-refractivity contribution in [1.29, 1.82) is 0 Å². The summed E-state index contributed by atoms with van der Waals surface area (Å²) < 4.78 is 0. The smallest absolute Gasteiger partial charge is 0.127 e. The molecule has 1 aliphatic heterocycles. The molecular formula is C15H26N2+2. The Morgan fingerprint density at radius 3 is 2.41 bits per heavy atom. The molecule has 1 saturated heterocycles. The normalized spacial score (nSPS) is 25.2. The highest BCUT2D eigenvalue weighted by molar-refractivity contribution is 5.21. The maximum absolute atomic E-state index is 2.33. The molecular weight excluding hydrogens is 208 g/mol. The van der Waals surface area contributed by atoms with Crippen molar-refractivity contribution in [1.82, 2.24) is 0 Å². The monoisotopic (exact) mass is 234 g/mol. The quantitative estimate of drug-likeness (QED) is 0.710. The molecule has 1 heterocycles. The van der Waals surface area contributed by atoms with Crippen molar-refractivity contribution in [2.24, 2.45) is 0 Å². The van der Waals surface area contributed by atoms with Gasteiger partial charge >= 0.3 is 0 Å². The second-order valence-corrected chi connectivity index (χ2v) is 5.73. The summed E-state index contributed by atoms with van der Waals surface area (Å²) in [5.41, 5.74) is 2.88. The highest BCUT2D eigenvalue weighted by Crippen LogP contribution is 2.01. The average Bonchev–Trinajstić information content (AvgIpc) is 2.29.